The molecule has 102 valence electrons. The van der Waals surface area contributed by atoms with Gasteiger partial charge in [0.25, 0.3) is 0 Å². The van der Waals surface area contributed by atoms with Gasteiger partial charge in [-0.25, -0.2) is 0 Å². The van der Waals surface area contributed by atoms with E-state index in [1.165, 1.54) is 0 Å². The number of carbonyl (C=O) groups excluding carboxylic acids is 1. The standard InChI is InChI=1S/C14H18ClN3O/c1-3-10(2)18-14(19)6-7-17-13-8-12(15)5-4-11(13)9-16/h4-5,8,10,17H,3,6-7H2,1-2H3,(H,18,19). The number of rotatable bonds is 6. The van der Waals surface area contributed by atoms with E-state index in [-0.39, 0.29) is 11.9 Å². The van der Waals surface area contributed by atoms with Gasteiger partial charge in [0.1, 0.15) is 6.07 Å². The molecule has 1 aromatic rings. The highest BCUT2D eigenvalue weighted by Crippen LogP contribution is 2.20. The monoisotopic (exact) mass is 279 g/mol. The quantitative estimate of drug-likeness (QED) is 0.841. The first-order valence-corrected chi connectivity index (χ1v) is 6.67. The van der Waals surface area contributed by atoms with Crippen LogP contribution in [0.5, 0.6) is 0 Å². The first-order valence-electron chi connectivity index (χ1n) is 6.29. The molecular weight excluding hydrogens is 262 g/mol. The molecule has 1 unspecified atom stereocenters. The van der Waals surface area contributed by atoms with E-state index < -0.39 is 0 Å². The van der Waals surface area contributed by atoms with E-state index in [2.05, 4.69) is 16.7 Å². The molecule has 1 rings (SSSR count). The van der Waals surface area contributed by atoms with Gasteiger partial charge in [-0.2, -0.15) is 5.26 Å². The van der Waals surface area contributed by atoms with E-state index in [4.69, 9.17) is 16.9 Å². The van der Waals surface area contributed by atoms with Crippen LogP contribution >= 0.6 is 11.6 Å². The number of nitrogens with one attached hydrogen (secondary N) is 2. The molecule has 19 heavy (non-hydrogen) atoms. The smallest absolute Gasteiger partial charge is 0.221 e. The number of benzene rings is 1. The number of nitrogens with zero attached hydrogens (tertiary/aromatic N) is 1. The van der Waals surface area contributed by atoms with Gasteiger partial charge in [-0.15, -0.1) is 0 Å². The number of carbonyl (C=O) groups is 1. The van der Waals surface area contributed by atoms with Crippen LogP contribution in [-0.2, 0) is 4.79 Å². The fourth-order valence-electron chi connectivity index (χ4n) is 1.52. The lowest BCUT2D eigenvalue weighted by Gasteiger charge is -2.12. The van der Waals surface area contributed by atoms with Gasteiger partial charge < -0.3 is 10.6 Å². The molecule has 0 fully saturated rings. The van der Waals surface area contributed by atoms with Gasteiger partial charge in [-0.05, 0) is 31.5 Å². The molecule has 0 aliphatic rings. The summed E-state index contributed by atoms with van der Waals surface area (Å²) in [6, 6.07) is 7.28. The Hall–Kier alpha value is -1.73. The predicted octanol–water partition coefficient (Wildman–Crippen LogP) is 2.93. The van der Waals surface area contributed by atoms with Crippen LogP contribution in [0, 0.1) is 11.3 Å². The lowest BCUT2D eigenvalue weighted by atomic mass is 10.2. The highest BCUT2D eigenvalue weighted by Gasteiger charge is 2.06. The Morgan fingerprint density at radius 1 is 1.53 bits per heavy atom. The Morgan fingerprint density at radius 2 is 2.26 bits per heavy atom. The Kier molecular flexibility index (Phi) is 6.17. The second kappa shape index (κ2) is 7.65. The molecule has 2 N–H and O–H groups in total. The number of hydrogen-bond donors (Lipinski definition) is 2. The van der Waals surface area contributed by atoms with Crippen molar-refractivity contribution in [3.8, 4) is 6.07 Å². The van der Waals surface area contributed by atoms with E-state index >= 15 is 0 Å². The second-order valence-corrected chi connectivity index (χ2v) is 4.79. The summed E-state index contributed by atoms with van der Waals surface area (Å²) in [6.07, 6.45) is 1.27. The van der Waals surface area contributed by atoms with E-state index in [0.717, 1.165) is 6.42 Å². The maximum Gasteiger partial charge on any atom is 0.221 e. The van der Waals surface area contributed by atoms with Gasteiger partial charge in [0, 0.05) is 24.0 Å². The minimum atomic E-state index is 0.00221. The molecule has 0 saturated carbocycles. The van der Waals surface area contributed by atoms with Gasteiger partial charge in [0.05, 0.1) is 11.3 Å². The molecule has 1 atom stereocenters. The Balaban J connectivity index is 2.47. The molecule has 1 amide bonds. The van der Waals surface area contributed by atoms with Crippen molar-refractivity contribution < 1.29 is 4.79 Å². The van der Waals surface area contributed by atoms with E-state index in [1.807, 2.05) is 13.8 Å². The van der Waals surface area contributed by atoms with E-state index in [9.17, 15) is 4.79 Å². The molecule has 0 aliphatic carbocycles. The van der Waals surface area contributed by atoms with Crippen molar-refractivity contribution in [3.63, 3.8) is 0 Å². The van der Waals surface area contributed by atoms with Crippen molar-refractivity contribution in [2.45, 2.75) is 32.7 Å². The summed E-state index contributed by atoms with van der Waals surface area (Å²) >= 11 is 5.87. The Bertz CT molecular complexity index is 482. The van der Waals surface area contributed by atoms with Crippen molar-refractivity contribution in [3.05, 3.63) is 28.8 Å². The van der Waals surface area contributed by atoms with Crippen LogP contribution in [0.25, 0.3) is 0 Å². The molecular formula is C14H18ClN3O. The second-order valence-electron chi connectivity index (χ2n) is 4.36. The fraction of sp³-hybridized carbons (Fsp3) is 0.429. The number of hydrogen-bond acceptors (Lipinski definition) is 3. The summed E-state index contributed by atoms with van der Waals surface area (Å²) in [7, 11) is 0. The normalized spacial score (nSPS) is 11.5. The third kappa shape index (κ3) is 5.19. The zero-order chi connectivity index (χ0) is 14.3. The van der Waals surface area contributed by atoms with Crippen LogP contribution in [-0.4, -0.2) is 18.5 Å². The van der Waals surface area contributed by atoms with Gasteiger partial charge in [0.2, 0.25) is 5.91 Å². The first kappa shape index (κ1) is 15.3. The largest absolute Gasteiger partial charge is 0.383 e. The minimum absolute atomic E-state index is 0.00221. The highest BCUT2D eigenvalue weighted by molar-refractivity contribution is 6.30. The van der Waals surface area contributed by atoms with Crippen LogP contribution in [0.4, 0.5) is 5.69 Å². The molecule has 1 aromatic carbocycles. The van der Waals surface area contributed by atoms with Crippen molar-refractivity contribution in [1.29, 1.82) is 5.26 Å². The van der Waals surface area contributed by atoms with Crippen molar-refractivity contribution in [2.75, 3.05) is 11.9 Å². The van der Waals surface area contributed by atoms with Crippen molar-refractivity contribution >= 4 is 23.2 Å². The topological polar surface area (TPSA) is 64.9 Å². The summed E-state index contributed by atoms with van der Waals surface area (Å²) in [4.78, 5) is 11.6. The average molecular weight is 280 g/mol. The number of halogens is 1. The summed E-state index contributed by atoms with van der Waals surface area (Å²) < 4.78 is 0. The van der Waals surface area contributed by atoms with Gasteiger partial charge >= 0.3 is 0 Å². The minimum Gasteiger partial charge on any atom is -0.383 e. The molecule has 4 nitrogen and oxygen atoms in total. The summed E-state index contributed by atoms with van der Waals surface area (Å²) in [5, 5.41) is 15.5. The Morgan fingerprint density at radius 3 is 2.89 bits per heavy atom. The fourth-order valence-corrected chi connectivity index (χ4v) is 1.69. The van der Waals surface area contributed by atoms with Crippen molar-refractivity contribution in [1.82, 2.24) is 5.32 Å². The average Bonchev–Trinajstić information content (AvgIpc) is 2.38. The summed E-state index contributed by atoms with van der Waals surface area (Å²) in [5.41, 5.74) is 1.18. The number of anilines is 1. The molecule has 0 aliphatic heterocycles. The molecule has 5 heteroatoms. The van der Waals surface area contributed by atoms with Crippen LogP contribution in [0.15, 0.2) is 18.2 Å². The SMILES string of the molecule is CCC(C)NC(=O)CCNc1cc(Cl)ccc1C#N. The molecule has 0 heterocycles. The van der Waals surface area contributed by atoms with Gasteiger partial charge in [0.15, 0.2) is 0 Å². The lowest BCUT2D eigenvalue weighted by molar-refractivity contribution is -0.121. The Labute approximate surface area is 118 Å². The zero-order valence-corrected chi connectivity index (χ0v) is 11.9. The molecule has 0 aromatic heterocycles. The van der Waals surface area contributed by atoms with Gasteiger partial charge in [-0.1, -0.05) is 18.5 Å². The van der Waals surface area contributed by atoms with Crippen LogP contribution in [0.3, 0.4) is 0 Å². The summed E-state index contributed by atoms with van der Waals surface area (Å²) in [5.74, 6) is 0.00221. The van der Waals surface area contributed by atoms with E-state index in [0.29, 0.717) is 29.2 Å². The number of nitriles is 1. The third-order valence-corrected chi connectivity index (χ3v) is 3.02. The van der Waals surface area contributed by atoms with Crippen LogP contribution < -0.4 is 10.6 Å². The third-order valence-electron chi connectivity index (χ3n) is 2.79. The molecule has 0 radical (unpaired) electrons. The van der Waals surface area contributed by atoms with E-state index in [1.54, 1.807) is 18.2 Å². The molecule has 0 spiro atoms. The van der Waals surface area contributed by atoms with Crippen LogP contribution in [0.2, 0.25) is 5.02 Å². The van der Waals surface area contributed by atoms with Crippen molar-refractivity contribution in [2.24, 2.45) is 0 Å². The maximum atomic E-state index is 11.6. The van der Waals surface area contributed by atoms with Crippen LogP contribution in [0.1, 0.15) is 32.3 Å². The first-order chi connectivity index (χ1) is 9.06. The maximum absolute atomic E-state index is 11.6. The highest BCUT2D eigenvalue weighted by atomic mass is 35.5. The molecule has 0 bridgehead atoms. The predicted molar refractivity (Wildman–Crippen MR) is 77.2 cm³/mol. The lowest BCUT2D eigenvalue weighted by Crippen LogP contribution is -2.32. The zero-order valence-electron chi connectivity index (χ0n) is 11.2. The van der Waals surface area contributed by atoms with Gasteiger partial charge in [-0.3, -0.25) is 4.79 Å². The molecule has 0 saturated heterocycles. The summed E-state index contributed by atoms with van der Waals surface area (Å²) in [6.45, 7) is 4.46. The number of amides is 1.